The first-order chi connectivity index (χ1) is 12.1. The zero-order chi connectivity index (χ0) is 17.6. The molecule has 25 heavy (non-hydrogen) atoms. The van der Waals surface area contributed by atoms with Gasteiger partial charge in [0.1, 0.15) is 5.01 Å². The third-order valence-corrected chi connectivity index (χ3v) is 4.87. The van der Waals surface area contributed by atoms with E-state index in [0.29, 0.717) is 10.1 Å². The van der Waals surface area contributed by atoms with Crippen molar-refractivity contribution in [1.29, 1.82) is 0 Å². The van der Waals surface area contributed by atoms with Gasteiger partial charge in [-0.1, -0.05) is 29.5 Å². The average Bonchev–Trinajstić information content (AvgIpc) is 3.04. The fourth-order valence-electron chi connectivity index (χ4n) is 2.62. The van der Waals surface area contributed by atoms with E-state index in [1.54, 1.807) is 0 Å². The summed E-state index contributed by atoms with van der Waals surface area (Å²) < 4.78 is 5.38. The van der Waals surface area contributed by atoms with Gasteiger partial charge in [0.15, 0.2) is 0 Å². The molecule has 134 valence electrons. The van der Waals surface area contributed by atoms with Crippen LogP contribution in [0.4, 0.5) is 15.6 Å². The molecule has 3 rings (SSSR count). The van der Waals surface area contributed by atoms with Gasteiger partial charge in [-0.3, -0.25) is 4.90 Å². The van der Waals surface area contributed by atoms with Gasteiger partial charge < -0.3 is 21.1 Å². The summed E-state index contributed by atoms with van der Waals surface area (Å²) in [7, 11) is 0. The largest absolute Gasteiger partial charge is 0.379 e. The van der Waals surface area contributed by atoms with E-state index in [-0.39, 0.29) is 12.1 Å². The fourth-order valence-corrected chi connectivity index (χ4v) is 3.23. The van der Waals surface area contributed by atoms with Crippen LogP contribution < -0.4 is 16.4 Å². The number of morpholine rings is 1. The van der Waals surface area contributed by atoms with Gasteiger partial charge in [-0.15, -0.1) is 10.2 Å². The van der Waals surface area contributed by atoms with Crippen LogP contribution in [0.3, 0.4) is 0 Å². The smallest absolute Gasteiger partial charge is 0.319 e. The van der Waals surface area contributed by atoms with E-state index < -0.39 is 0 Å². The molecule has 1 aliphatic rings. The monoisotopic (exact) mass is 362 g/mol. The van der Waals surface area contributed by atoms with Gasteiger partial charge >= 0.3 is 6.03 Å². The number of ether oxygens (including phenoxy) is 1. The number of carbonyl (C=O) groups is 1. The molecule has 1 atom stereocenters. The summed E-state index contributed by atoms with van der Waals surface area (Å²) in [4.78, 5) is 14.6. The van der Waals surface area contributed by atoms with Crippen molar-refractivity contribution >= 4 is 28.2 Å². The second kappa shape index (κ2) is 8.24. The van der Waals surface area contributed by atoms with Gasteiger partial charge in [0.25, 0.3) is 0 Å². The van der Waals surface area contributed by atoms with Crippen molar-refractivity contribution in [3.8, 4) is 0 Å². The minimum Gasteiger partial charge on any atom is -0.379 e. The number of carbonyl (C=O) groups excluding carboxylic acids is 1. The van der Waals surface area contributed by atoms with Gasteiger partial charge in [-0.25, -0.2) is 4.79 Å². The van der Waals surface area contributed by atoms with Crippen molar-refractivity contribution < 1.29 is 9.53 Å². The minimum absolute atomic E-state index is 0.263. The molecular weight excluding hydrogens is 340 g/mol. The lowest BCUT2D eigenvalue weighted by Crippen LogP contribution is -2.36. The molecule has 2 heterocycles. The molecule has 0 bridgehead atoms. The van der Waals surface area contributed by atoms with Crippen LogP contribution in [0.2, 0.25) is 0 Å². The Kier molecular flexibility index (Phi) is 5.79. The quantitative estimate of drug-likeness (QED) is 0.749. The first-order valence-electron chi connectivity index (χ1n) is 8.16. The molecular formula is C16H22N6O2S. The zero-order valence-electron chi connectivity index (χ0n) is 14.1. The number of anilines is 2. The molecule has 4 N–H and O–H groups in total. The highest BCUT2D eigenvalue weighted by Crippen LogP contribution is 2.20. The van der Waals surface area contributed by atoms with Crippen molar-refractivity contribution in [2.75, 3.05) is 37.4 Å². The van der Waals surface area contributed by atoms with E-state index in [1.807, 2.05) is 31.2 Å². The van der Waals surface area contributed by atoms with Crippen LogP contribution in [0.15, 0.2) is 24.3 Å². The third kappa shape index (κ3) is 4.88. The molecule has 0 radical (unpaired) electrons. The Balaban J connectivity index is 1.60. The number of urea groups is 1. The van der Waals surface area contributed by atoms with Gasteiger partial charge in [-0.05, 0) is 18.6 Å². The van der Waals surface area contributed by atoms with E-state index in [0.717, 1.165) is 44.1 Å². The Morgan fingerprint density at radius 2 is 2.12 bits per heavy atom. The molecule has 2 amide bonds. The molecule has 8 nitrogen and oxygen atoms in total. The average molecular weight is 362 g/mol. The van der Waals surface area contributed by atoms with Crippen LogP contribution in [0, 0.1) is 0 Å². The number of para-hydroxylation sites is 1. The van der Waals surface area contributed by atoms with Crippen LogP contribution >= 0.6 is 11.3 Å². The summed E-state index contributed by atoms with van der Waals surface area (Å²) >= 11 is 1.27. The van der Waals surface area contributed by atoms with Crippen LogP contribution in [0.5, 0.6) is 0 Å². The van der Waals surface area contributed by atoms with Crippen molar-refractivity contribution in [2.45, 2.75) is 19.5 Å². The first kappa shape index (κ1) is 17.6. The second-order valence-corrected chi connectivity index (χ2v) is 6.89. The van der Waals surface area contributed by atoms with Gasteiger partial charge in [0.05, 0.1) is 19.3 Å². The number of nitrogen functional groups attached to an aromatic ring is 1. The summed E-state index contributed by atoms with van der Waals surface area (Å²) in [6.07, 6.45) is 0. The third-order valence-electron chi connectivity index (χ3n) is 3.94. The Labute approximate surface area is 150 Å². The van der Waals surface area contributed by atoms with E-state index in [1.165, 1.54) is 11.3 Å². The van der Waals surface area contributed by atoms with Crippen molar-refractivity contribution in [1.82, 2.24) is 20.4 Å². The molecule has 1 saturated heterocycles. The van der Waals surface area contributed by atoms with E-state index in [4.69, 9.17) is 10.5 Å². The maximum atomic E-state index is 12.3. The Bertz CT molecular complexity index is 716. The number of nitrogens with one attached hydrogen (secondary N) is 2. The SMILES string of the molecule is C[C@H](NC(=O)Nc1ccccc1CN1CCOCC1)c1nnc(N)s1. The normalized spacial score (nSPS) is 16.4. The minimum atomic E-state index is -0.282. The molecule has 1 aromatic carbocycles. The predicted octanol–water partition coefficient (Wildman–Crippen LogP) is 1.84. The lowest BCUT2D eigenvalue weighted by molar-refractivity contribution is 0.0343. The maximum absolute atomic E-state index is 12.3. The Morgan fingerprint density at radius 3 is 2.84 bits per heavy atom. The molecule has 0 unspecified atom stereocenters. The number of amides is 2. The van der Waals surface area contributed by atoms with Crippen molar-refractivity contribution in [3.63, 3.8) is 0 Å². The first-order valence-corrected chi connectivity index (χ1v) is 8.98. The highest BCUT2D eigenvalue weighted by molar-refractivity contribution is 7.15. The van der Waals surface area contributed by atoms with Gasteiger partial charge in [0, 0.05) is 25.3 Å². The lowest BCUT2D eigenvalue weighted by Gasteiger charge is -2.27. The molecule has 2 aromatic rings. The molecule has 9 heteroatoms. The number of nitrogens with two attached hydrogens (primary N) is 1. The topological polar surface area (TPSA) is 105 Å². The summed E-state index contributed by atoms with van der Waals surface area (Å²) in [5.74, 6) is 0. The predicted molar refractivity (Wildman–Crippen MR) is 97.4 cm³/mol. The molecule has 1 aliphatic heterocycles. The number of nitrogens with zero attached hydrogens (tertiary/aromatic N) is 3. The van der Waals surface area contributed by atoms with Gasteiger partial charge in [0.2, 0.25) is 5.13 Å². The number of benzene rings is 1. The van der Waals surface area contributed by atoms with E-state index in [2.05, 4.69) is 25.7 Å². The maximum Gasteiger partial charge on any atom is 0.319 e. The number of rotatable bonds is 5. The van der Waals surface area contributed by atoms with Crippen LogP contribution in [-0.2, 0) is 11.3 Å². The van der Waals surface area contributed by atoms with Crippen LogP contribution in [-0.4, -0.2) is 47.4 Å². The Morgan fingerprint density at radius 1 is 1.36 bits per heavy atom. The summed E-state index contributed by atoms with van der Waals surface area (Å²) in [6.45, 7) is 5.92. The fraction of sp³-hybridized carbons (Fsp3) is 0.438. The number of aromatic nitrogens is 2. The van der Waals surface area contributed by atoms with Crippen molar-refractivity contribution in [3.05, 3.63) is 34.8 Å². The van der Waals surface area contributed by atoms with E-state index >= 15 is 0 Å². The molecule has 1 aromatic heterocycles. The van der Waals surface area contributed by atoms with Gasteiger partial charge in [-0.2, -0.15) is 0 Å². The number of hydrogen-bond acceptors (Lipinski definition) is 7. The highest BCUT2D eigenvalue weighted by Gasteiger charge is 2.16. The summed E-state index contributed by atoms with van der Waals surface area (Å²) in [5, 5.41) is 14.6. The van der Waals surface area contributed by atoms with Crippen LogP contribution in [0.25, 0.3) is 0 Å². The summed E-state index contributed by atoms with van der Waals surface area (Å²) in [6, 6.07) is 7.28. The van der Waals surface area contributed by atoms with Crippen molar-refractivity contribution in [2.24, 2.45) is 0 Å². The lowest BCUT2D eigenvalue weighted by atomic mass is 10.1. The molecule has 0 saturated carbocycles. The molecule has 0 spiro atoms. The Hall–Kier alpha value is -2.23. The van der Waals surface area contributed by atoms with Crippen LogP contribution in [0.1, 0.15) is 23.5 Å². The highest BCUT2D eigenvalue weighted by atomic mass is 32.1. The zero-order valence-corrected chi connectivity index (χ0v) is 14.9. The number of hydrogen-bond donors (Lipinski definition) is 3. The molecule has 1 fully saturated rings. The molecule has 0 aliphatic carbocycles. The second-order valence-electron chi connectivity index (χ2n) is 5.84. The van der Waals surface area contributed by atoms with E-state index in [9.17, 15) is 4.79 Å². The standard InChI is InChI=1S/C16H22N6O2S/c1-11(14-20-21-15(17)25-14)18-16(23)19-13-5-3-2-4-12(13)10-22-6-8-24-9-7-22/h2-5,11H,6-10H2,1H3,(H2,17,21)(H2,18,19,23)/t11-/m0/s1. The summed E-state index contributed by atoms with van der Waals surface area (Å²) in [5.41, 5.74) is 7.46.